The summed E-state index contributed by atoms with van der Waals surface area (Å²) in [5, 5.41) is 20.4. The largest absolute Gasteiger partial charge is 0.503 e. The van der Waals surface area contributed by atoms with Gasteiger partial charge in [0, 0.05) is 10.8 Å². The lowest BCUT2D eigenvalue weighted by molar-refractivity contribution is -0.117. The summed E-state index contributed by atoms with van der Waals surface area (Å²) < 4.78 is 0.640. The van der Waals surface area contributed by atoms with Crippen LogP contribution < -0.4 is 4.90 Å². The van der Waals surface area contributed by atoms with Crippen molar-refractivity contribution in [3.8, 4) is 0 Å². The Balaban J connectivity index is 1.47. The van der Waals surface area contributed by atoms with E-state index in [1.54, 1.807) is 6.08 Å². The van der Waals surface area contributed by atoms with Crippen LogP contribution in [-0.2, 0) is 21.8 Å². The first-order valence-electron chi connectivity index (χ1n) is 12.3. The second-order valence-corrected chi connectivity index (χ2v) is 11.4. The number of aromatic nitrogens is 2. The quantitative estimate of drug-likeness (QED) is 0.129. The molecular formula is C30H24ClN3O3S2. The Morgan fingerprint density at radius 2 is 1.77 bits per heavy atom. The molecule has 0 bridgehead atoms. The summed E-state index contributed by atoms with van der Waals surface area (Å²) in [7, 11) is 0. The molecule has 1 amide bonds. The monoisotopic (exact) mass is 573 g/mol. The molecular weight excluding hydrogens is 550 g/mol. The zero-order valence-corrected chi connectivity index (χ0v) is 23.3. The van der Waals surface area contributed by atoms with Gasteiger partial charge < -0.3 is 5.11 Å². The van der Waals surface area contributed by atoms with Crippen LogP contribution in [0.4, 0.5) is 5.13 Å². The number of aryl methyl sites for hydroxylation is 1. The van der Waals surface area contributed by atoms with E-state index < -0.39 is 23.5 Å². The van der Waals surface area contributed by atoms with Crippen LogP contribution in [-0.4, -0.2) is 27.0 Å². The molecule has 39 heavy (non-hydrogen) atoms. The van der Waals surface area contributed by atoms with Gasteiger partial charge in [-0.3, -0.25) is 14.5 Å². The van der Waals surface area contributed by atoms with Crippen molar-refractivity contribution in [2.45, 2.75) is 29.5 Å². The van der Waals surface area contributed by atoms with Gasteiger partial charge in [-0.15, -0.1) is 10.2 Å². The van der Waals surface area contributed by atoms with Crippen LogP contribution in [0.25, 0.3) is 6.08 Å². The minimum absolute atomic E-state index is 0.0110. The molecule has 6 nitrogen and oxygen atoms in total. The number of ketones is 1. The molecule has 5 rings (SSSR count). The van der Waals surface area contributed by atoms with Gasteiger partial charge in [-0.1, -0.05) is 120 Å². The van der Waals surface area contributed by atoms with Crippen LogP contribution >= 0.6 is 34.7 Å². The highest BCUT2D eigenvalue weighted by atomic mass is 35.5. The van der Waals surface area contributed by atoms with E-state index in [2.05, 4.69) is 17.1 Å². The highest BCUT2D eigenvalue weighted by molar-refractivity contribution is 8.00. The van der Waals surface area contributed by atoms with Crippen molar-refractivity contribution in [1.29, 1.82) is 0 Å². The molecule has 1 aliphatic heterocycles. The van der Waals surface area contributed by atoms with Gasteiger partial charge in [-0.2, -0.15) is 0 Å². The van der Waals surface area contributed by atoms with E-state index in [0.717, 1.165) is 23.1 Å². The molecule has 1 atom stereocenters. The highest BCUT2D eigenvalue weighted by Crippen LogP contribution is 2.43. The van der Waals surface area contributed by atoms with Gasteiger partial charge >= 0.3 is 0 Å². The molecule has 1 unspecified atom stereocenters. The van der Waals surface area contributed by atoms with Gasteiger partial charge in [0.15, 0.2) is 15.9 Å². The molecule has 9 heteroatoms. The Morgan fingerprint density at radius 3 is 2.49 bits per heavy atom. The summed E-state index contributed by atoms with van der Waals surface area (Å²) in [6, 6.07) is 23.8. The standard InChI is InChI=1S/C30H24ClN3O3S2/c1-2-19-12-15-21(16-13-19)26-25(24(35)17-14-20-8-4-3-5-9-20)27(36)28(37)34(26)29-32-33-30(39-29)38-18-22-10-6-7-11-23(22)31/h3-17,26,36H,2,18H2,1H3/b17-14+. The number of nitrogens with zero attached hydrogens (tertiary/aromatic N) is 3. The van der Waals surface area contributed by atoms with Crippen molar-refractivity contribution >= 4 is 57.6 Å². The first-order valence-corrected chi connectivity index (χ1v) is 14.5. The third-order valence-electron chi connectivity index (χ3n) is 6.31. The van der Waals surface area contributed by atoms with Crippen LogP contribution in [0.15, 0.2) is 101 Å². The maximum atomic E-state index is 13.4. The lowest BCUT2D eigenvalue weighted by Crippen LogP contribution is -2.30. The molecule has 1 aliphatic rings. The molecule has 3 aromatic carbocycles. The Bertz CT molecular complexity index is 1570. The molecule has 196 valence electrons. The summed E-state index contributed by atoms with van der Waals surface area (Å²) in [5.41, 5.74) is 3.62. The number of rotatable bonds is 9. The van der Waals surface area contributed by atoms with Crippen LogP contribution in [0.5, 0.6) is 0 Å². The Labute approximate surface area is 239 Å². The number of benzene rings is 3. The predicted molar refractivity (Wildman–Crippen MR) is 157 cm³/mol. The fourth-order valence-electron chi connectivity index (χ4n) is 4.24. The lowest BCUT2D eigenvalue weighted by atomic mass is 9.95. The number of allylic oxidation sites excluding steroid dienone is 1. The number of aliphatic hydroxyl groups is 1. The van der Waals surface area contributed by atoms with E-state index >= 15 is 0 Å². The van der Waals surface area contributed by atoms with E-state index in [1.807, 2.05) is 78.9 Å². The summed E-state index contributed by atoms with van der Waals surface area (Å²) in [5.74, 6) is -1.13. The molecule has 0 aliphatic carbocycles. The SMILES string of the molecule is CCc1ccc(C2C(C(=O)/C=C/c3ccccc3)=C(O)C(=O)N2c2nnc(SCc3ccccc3Cl)s2)cc1. The highest BCUT2D eigenvalue weighted by Gasteiger charge is 2.45. The number of halogens is 1. The van der Waals surface area contributed by atoms with Gasteiger partial charge in [0.05, 0.1) is 11.6 Å². The van der Waals surface area contributed by atoms with Crippen LogP contribution in [0, 0.1) is 0 Å². The molecule has 0 spiro atoms. The maximum Gasteiger partial charge on any atom is 0.296 e. The summed E-state index contributed by atoms with van der Waals surface area (Å²) in [4.78, 5) is 28.2. The first-order chi connectivity index (χ1) is 19.0. The summed E-state index contributed by atoms with van der Waals surface area (Å²) in [6.45, 7) is 2.05. The molecule has 0 radical (unpaired) electrons. The van der Waals surface area contributed by atoms with Crippen molar-refractivity contribution in [3.63, 3.8) is 0 Å². The normalized spacial score (nSPS) is 15.5. The number of carbonyl (C=O) groups is 2. The fraction of sp³-hybridized carbons (Fsp3) is 0.133. The van der Waals surface area contributed by atoms with Crippen molar-refractivity contribution in [1.82, 2.24) is 10.2 Å². The summed E-state index contributed by atoms with van der Waals surface area (Å²) >= 11 is 8.96. The van der Waals surface area contributed by atoms with Crippen molar-refractivity contribution in [2.24, 2.45) is 0 Å². The molecule has 0 fully saturated rings. The van der Waals surface area contributed by atoms with Gasteiger partial charge in [0.2, 0.25) is 5.13 Å². The molecule has 1 aromatic heterocycles. The van der Waals surface area contributed by atoms with E-state index in [9.17, 15) is 14.7 Å². The van der Waals surface area contributed by atoms with Crippen molar-refractivity contribution in [3.05, 3.63) is 124 Å². The van der Waals surface area contributed by atoms with E-state index in [-0.39, 0.29) is 5.57 Å². The average Bonchev–Trinajstić information content (AvgIpc) is 3.53. The van der Waals surface area contributed by atoms with Crippen LogP contribution in [0.3, 0.4) is 0 Å². The number of carbonyl (C=O) groups excluding carboxylic acids is 2. The Kier molecular flexibility index (Phi) is 8.26. The zero-order valence-electron chi connectivity index (χ0n) is 21.0. The maximum absolute atomic E-state index is 13.4. The average molecular weight is 574 g/mol. The lowest BCUT2D eigenvalue weighted by Gasteiger charge is -2.24. The minimum Gasteiger partial charge on any atom is -0.503 e. The predicted octanol–water partition coefficient (Wildman–Crippen LogP) is 7.23. The van der Waals surface area contributed by atoms with E-state index in [4.69, 9.17) is 11.6 Å². The third kappa shape index (κ3) is 5.83. The molecule has 2 heterocycles. The number of hydrogen-bond acceptors (Lipinski definition) is 7. The van der Waals surface area contributed by atoms with Crippen molar-refractivity contribution < 1.29 is 14.7 Å². The number of anilines is 1. The second-order valence-electron chi connectivity index (χ2n) is 8.77. The van der Waals surface area contributed by atoms with Crippen LogP contribution in [0.1, 0.15) is 35.2 Å². The molecule has 1 N–H and O–H groups in total. The number of aliphatic hydroxyl groups excluding tert-OH is 1. The third-order valence-corrected chi connectivity index (χ3v) is 8.79. The Hall–Kier alpha value is -3.72. The Morgan fingerprint density at radius 1 is 1.05 bits per heavy atom. The van der Waals surface area contributed by atoms with Gasteiger partial charge in [0.1, 0.15) is 0 Å². The van der Waals surface area contributed by atoms with E-state index in [0.29, 0.717) is 25.8 Å². The van der Waals surface area contributed by atoms with E-state index in [1.165, 1.54) is 34.1 Å². The summed E-state index contributed by atoms with van der Waals surface area (Å²) in [6.07, 6.45) is 3.90. The number of amides is 1. The van der Waals surface area contributed by atoms with Crippen LogP contribution in [0.2, 0.25) is 5.02 Å². The fourth-order valence-corrected chi connectivity index (χ4v) is 6.40. The van der Waals surface area contributed by atoms with Gasteiger partial charge in [-0.25, -0.2) is 0 Å². The topological polar surface area (TPSA) is 83.4 Å². The first kappa shape index (κ1) is 26.9. The van der Waals surface area contributed by atoms with Gasteiger partial charge in [-0.05, 0) is 40.8 Å². The minimum atomic E-state index is -0.842. The second kappa shape index (κ2) is 12.0. The smallest absolute Gasteiger partial charge is 0.296 e. The van der Waals surface area contributed by atoms with Crippen molar-refractivity contribution in [2.75, 3.05) is 4.90 Å². The van der Waals surface area contributed by atoms with Gasteiger partial charge in [0.25, 0.3) is 5.91 Å². The molecule has 0 saturated carbocycles. The zero-order chi connectivity index (χ0) is 27.4. The molecule has 4 aromatic rings. The number of hydrogen-bond donors (Lipinski definition) is 1. The molecule has 0 saturated heterocycles. The number of thioether (sulfide) groups is 1.